The Balaban J connectivity index is 2.27. The van der Waals surface area contributed by atoms with Gasteiger partial charge in [-0.2, -0.15) is 0 Å². The molecule has 0 bridgehead atoms. The summed E-state index contributed by atoms with van der Waals surface area (Å²) in [4.78, 5) is 11.4. The lowest BCUT2D eigenvalue weighted by molar-refractivity contribution is -0.123. The summed E-state index contributed by atoms with van der Waals surface area (Å²) in [7, 11) is 0. The highest BCUT2D eigenvalue weighted by Crippen LogP contribution is 2.17. The third-order valence-electron chi connectivity index (χ3n) is 2.21. The second-order valence-corrected chi connectivity index (χ2v) is 3.69. The van der Waals surface area contributed by atoms with Crippen LogP contribution in [0.25, 0.3) is 0 Å². The van der Waals surface area contributed by atoms with Gasteiger partial charge in [0.1, 0.15) is 11.5 Å². The molecule has 0 saturated carbocycles. The molecule has 5 heteroatoms. The van der Waals surface area contributed by atoms with E-state index in [1.165, 1.54) is 0 Å². The van der Waals surface area contributed by atoms with E-state index in [4.69, 9.17) is 15.2 Å². The molecular weight excluding hydrogens is 232 g/mol. The predicted molar refractivity (Wildman–Crippen MR) is 69.8 cm³/mol. The number of rotatable bonds is 8. The summed E-state index contributed by atoms with van der Waals surface area (Å²) in [5.74, 6) is 1.29. The number of hydrogen-bond donors (Lipinski definition) is 2. The molecule has 5 nitrogen and oxygen atoms in total. The number of benzene rings is 1. The summed E-state index contributed by atoms with van der Waals surface area (Å²) in [6, 6.07) is 7.17. The van der Waals surface area contributed by atoms with Gasteiger partial charge in [-0.15, -0.1) is 0 Å². The van der Waals surface area contributed by atoms with Gasteiger partial charge in [0, 0.05) is 6.54 Å². The molecule has 0 aliphatic carbocycles. The fourth-order valence-electron chi connectivity index (χ4n) is 1.33. The fourth-order valence-corrected chi connectivity index (χ4v) is 1.33. The van der Waals surface area contributed by atoms with Crippen molar-refractivity contribution in [1.29, 1.82) is 0 Å². The summed E-state index contributed by atoms with van der Waals surface area (Å²) in [5, 5.41) is 2.72. The zero-order chi connectivity index (χ0) is 13.2. The molecule has 0 fully saturated rings. The van der Waals surface area contributed by atoms with E-state index in [-0.39, 0.29) is 12.5 Å². The van der Waals surface area contributed by atoms with Crippen LogP contribution in [-0.4, -0.2) is 32.2 Å². The van der Waals surface area contributed by atoms with E-state index in [2.05, 4.69) is 5.32 Å². The monoisotopic (exact) mass is 252 g/mol. The number of nitrogens with one attached hydrogen (secondary N) is 1. The first-order valence-electron chi connectivity index (χ1n) is 6.08. The van der Waals surface area contributed by atoms with Crippen LogP contribution in [-0.2, 0) is 4.79 Å². The molecule has 1 amide bonds. The van der Waals surface area contributed by atoms with Crippen molar-refractivity contribution in [2.75, 3.05) is 26.3 Å². The molecule has 0 unspecified atom stereocenters. The lowest BCUT2D eigenvalue weighted by Gasteiger charge is -2.08. The third kappa shape index (κ3) is 5.54. The highest BCUT2D eigenvalue weighted by molar-refractivity contribution is 5.77. The average molecular weight is 252 g/mol. The Bertz CT molecular complexity index is 352. The molecule has 0 heterocycles. The van der Waals surface area contributed by atoms with E-state index in [1.54, 1.807) is 12.1 Å². The highest BCUT2D eigenvalue weighted by Gasteiger charge is 2.02. The van der Waals surface area contributed by atoms with Gasteiger partial charge in [-0.3, -0.25) is 4.79 Å². The molecular formula is C13H20N2O3. The minimum atomic E-state index is -0.141. The van der Waals surface area contributed by atoms with Crippen molar-refractivity contribution in [3.63, 3.8) is 0 Å². The maximum Gasteiger partial charge on any atom is 0.257 e. The van der Waals surface area contributed by atoms with E-state index < -0.39 is 0 Å². The normalized spacial score (nSPS) is 9.89. The SMILES string of the molecule is CCOc1ccc(OCC(=O)NCCCN)cc1. The minimum Gasteiger partial charge on any atom is -0.494 e. The van der Waals surface area contributed by atoms with E-state index in [1.807, 2.05) is 19.1 Å². The second-order valence-electron chi connectivity index (χ2n) is 3.69. The molecule has 18 heavy (non-hydrogen) atoms. The van der Waals surface area contributed by atoms with Crippen LogP contribution in [0, 0.1) is 0 Å². The molecule has 3 N–H and O–H groups in total. The van der Waals surface area contributed by atoms with Gasteiger partial charge in [-0.1, -0.05) is 0 Å². The first-order chi connectivity index (χ1) is 8.76. The molecule has 0 spiro atoms. The topological polar surface area (TPSA) is 73.6 Å². The Morgan fingerprint density at radius 2 is 1.83 bits per heavy atom. The average Bonchev–Trinajstić information content (AvgIpc) is 2.39. The van der Waals surface area contributed by atoms with Gasteiger partial charge in [0.15, 0.2) is 6.61 Å². The van der Waals surface area contributed by atoms with E-state index >= 15 is 0 Å². The Morgan fingerprint density at radius 3 is 2.39 bits per heavy atom. The Kier molecular flexibility index (Phi) is 6.64. The maximum absolute atomic E-state index is 11.4. The maximum atomic E-state index is 11.4. The largest absolute Gasteiger partial charge is 0.494 e. The van der Waals surface area contributed by atoms with Crippen LogP contribution in [0.1, 0.15) is 13.3 Å². The molecule has 0 aromatic heterocycles. The number of ether oxygens (including phenoxy) is 2. The van der Waals surface area contributed by atoms with Crippen LogP contribution >= 0.6 is 0 Å². The highest BCUT2D eigenvalue weighted by atomic mass is 16.5. The van der Waals surface area contributed by atoms with Crippen molar-refractivity contribution in [2.24, 2.45) is 5.73 Å². The molecule has 0 atom stereocenters. The van der Waals surface area contributed by atoms with Gasteiger partial charge in [-0.05, 0) is 44.2 Å². The number of amides is 1. The van der Waals surface area contributed by atoms with Crippen LogP contribution in [0.3, 0.4) is 0 Å². The van der Waals surface area contributed by atoms with E-state index in [9.17, 15) is 4.79 Å². The van der Waals surface area contributed by atoms with Crippen molar-refractivity contribution in [2.45, 2.75) is 13.3 Å². The van der Waals surface area contributed by atoms with Gasteiger partial charge in [0.05, 0.1) is 6.61 Å². The molecule has 1 rings (SSSR count). The van der Waals surface area contributed by atoms with Crippen LogP contribution in [0.2, 0.25) is 0 Å². The molecule has 0 aliphatic rings. The smallest absolute Gasteiger partial charge is 0.257 e. The zero-order valence-electron chi connectivity index (χ0n) is 10.6. The second kappa shape index (κ2) is 8.36. The Labute approximate surface area is 107 Å². The van der Waals surface area contributed by atoms with Crippen molar-refractivity contribution in [3.8, 4) is 11.5 Å². The minimum absolute atomic E-state index is 0.0125. The summed E-state index contributed by atoms with van der Waals surface area (Å²) in [6.45, 7) is 3.72. The van der Waals surface area contributed by atoms with Crippen LogP contribution in [0.15, 0.2) is 24.3 Å². The summed E-state index contributed by atoms with van der Waals surface area (Å²) in [5.41, 5.74) is 5.32. The lowest BCUT2D eigenvalue weighted by Crippen LogP contribution is -2.30. The number of carbonyl (C=O) groups is 1. The van der Waals surface area contributed by atoms with Crippen LogP contribution in [0.4, 0.5) is 0 Å². The van der Waals surface area contributed by atoms with Gasteiger partial charge >= 0.3 is 0 Å². The van der Waals surface area contributed by atoms with Crippen molar-refractivity contribution in [1.82, 2.24) is 5.32 Å². The summed E-state index contributed by atoms with van der Waals surface area (Å²) >= 11 is 0. The molecule has 1 aromatic carbocycles. The predicted octanol–water partition coefficient (Wildman–Crippen LogP) is 0.929. The molecule has 1 aromatic rings. The quantitative estimate of drug-likeness (QED) is 0.675. The van der Waals surface area contributed by atoms with Gasteiger partial charge < -0.3 is 20.5 Å². The molecule has 0 aliphatic heterocycles. The molecule has 100 valence electrons. The fraction of sp³-hybridized carbons (Fsp3) is 0.462. The van der Waals surface area contributed by atoms with Gasteiger partial charge in [-0.25, -0.2) is 0 Å². The zero-order valence-corrected chi connectivity index (χ0v) is 10.6. The van der Waals surface area contributed by atoms with Gasteiger partial charge in [0.2, 0.25) is 0 Å². The Hall–Kier alpha value is -1.75. The Morgan fingerprint density at radius 1 is 1.22 bits per heavy atom. The van der Waals surface area contributed by atoms with Gasteiger partial charge in [0.25, 0.3) is 5.91 Å². The van der Waals surface area contributed by atoms with E-state index in [0.717, 1.165) is 12.2 Å². The molecule has 0 saturated heterocycles. The van der Waals surface area contributed by atoms with Crippen LogP contribution in [0.5, 0.6) is 11.5 Å². The standard InChI is InChI=1S/C13H20N2O3/c1-2-17-11-4-6-12(7-5-11)18-10-13(16)15-9-3-8-14/h4-7H,2-3,8-10,14H2,1H3,(H,15,16). The lowest BCUT2D eigenvalue weighted by atomic mass is 10.3. The number of carbonyl (C=O) groups excluding carboxylic acids is 1. The van der Waals surface area contributed by atoms with E-state index in [0.29, 0.717) is 25.4 Å². The first kappa shape index (κ1) is 14.3. The first-order valence-corrected chi connectivity index (χ1v) is 6.08. The third-order valence-corrected chi connectivity index (χ3v) is 2.21. The number of nitrogens with two attached hydrogens (primary N) is 1. The van der Waals surface area contributed by atoms with Crippen molar-refractivity contribution >= 4 is 5.91 Å². The van der Waals surface area contributed by atoms with Crippen LogP contribution < -0.4 is 20.5 Å². The van der Waals surface area contributed by atoms with Crippen molar-refractivity contribution < 1.29 is 14.3 Å². The number of hydrogen-bond acceptors (Lipinski definition) is 4. The summed E-state index contributed by atoms with van der Waals surface area (Å²) in [6.07, 6.45) is 0.773. The summed E-state index contributed by atoms with van der Waals surface area (Å²) < 4.78 is 10.6. The molecule has 0 radical (unpaired) electrons. The van der Waals surface area contributed by atoms with Crippen molar-refractivity contribution in [3.05, 3.63) is 24.3 Å².